The van der Waals surface area contributed by atoms with Gasteiger partial charge in [-0.15, -0.1) is 0 Å². The van der Waals surface area contributed by atoms with Crippen molar-refractivity contribution in [2.45, 2.75) is 92.7 Å². The van der Waals surface area contributed by atoms with Crippen molar-refractivity contribution in [1.82, 2.24) is 18.7 Å². The molecular formula is C46H50F2N4O7S3. The van der Waals surface area contributed by atoms with Gasteiger partial charge in [0.15, 0.2) is 21.5 Å². The number of nitrogens with zero attached hydrogens (tertiary/aromatic N) is 4. The third-order valence-electron chi connectivity index (χ3n) is 12.0. The molecule has 2 aromatic heterocycles. The number of aryl methyl sites for hydroxylation is 3. The largest absolute Gasteiger partial charge is 0.469 e. The molecule has 0 radical (unpaired) electrons. The first-order valence-corrected chi connectivity index (χ1v) is 24.7. The monoisotopic (exact) mass is 904 g/mol. The van der Waals surface area contributed by atoms with Crippen molar-refractivity contribution in [1.29, 1.82) is 0 Å². The summed E-state index contributed by atoms with van der Waals surface area (Å²) in [7, 11) is -7.45. The Morgan fingerprint density at radius 1 is 0.984 bits per heavy atom. The second-order valence-electron chi connectivity index (χ2n) is 17.3. The first-order valence-electron chi connectivity index (χ1n) is 20.3. The normalized spacial score (nSPS) is 19.9. The van der Waals surface area contributed by atoms with Gasteiger partial charge in [0.2, 0.25) is 0 Å². The number of ether oxygens (including phenoxy) is 1. The van der Waals surface area contributed by atoms with Crippen LogP contribution < -0.4 is 0 Å². The van der Waals surface area contributed by atoms with E-state index in [1.165, 1.54) is 48.3 Å². The molecule has 0 saturated carbocycles. The van der Waals surface area contributed by atoms with E-state index in [0.717, 1.165) is 32.8 Å². The summed E-state index contributed by atoms with van der Waals surface area (Å²) in [5.74, 6) is -2.34. The quantitative estimate of drug-likeness (QED) is 0.150. The zero-order valence-electron chi connectivity index (χ0n) is 35.7. The third-order valence-corrected chi connectivity index (χ3v) is 17.2. The Kier molecular flexibility index (Phi) is 12.3. The summed E-state index contributed by atoms with van der Waals surface area (Å²) in [6.07, 6.45) is 2.69. The van der Waals surface area contributed by atoms with E-state index in [0.29, 0.717) is 25.1 Å². The maximum Gasteiger partial charge on any atom is 0.306 e. The van der Waals surface area contributed by atoms with Crippen molar-refractivity contribution >= 4 is 47.5 Å². The molecule has 62 heavy (non-hydrogen) atoms. The molecule has 0 spiro atoms. The topological polar surface area (TPSA) is 147 Å². The minimum atomic E-state index is -4.22. The number of hydrogen-bond donors (Lipinski definition) is 0. The summed E-state index contributed by atoms with van der Waals surface area (Å²) in [4.78, 5) is 16.8. The molecule has 0 fully saturated rings. The Balaban J connectivity index is 1.39. The molecule has 6 aromatic rings. The van der Waals surface area contributed by atoms with Crippen LogP contribution in [0.3, 0.4) is 0 Å². The van der Waals surface area contributed by atoms with E-state index < -0.39 is 58.9 Å². The molecule has 3 heterocycles. The highest BCUT2D eigenvalue weighted by Crippen LogP contribution is 2.41. The van der Waals surface area contributed by atoms with E-state index in [2.05, 4.69) is 0 Å². The number of sulfone groups is 1. The Hall–Kier alpha value is -5.06. The number of hydrogen-bond acceptors (Lipinski definition) is 9. The zero-order valence-corrected chi connectivity index (χ0v) is 38.2. The molecule has 0 saturated heterocycles. The van der Waals surface area contributed by atoms with Crippen LogP contribution in [0, 0.1) is 24.0 Å². The summed E-state index contributed by atoms with van der Waals surface area (Å²) in [5, 5.41) is 5.04. The van der Waals surface area contributed by atoms with Gasteiger partial charge in [0.05, 0.1) is 62.1 Å². The molecule has 3 atom stereocenters. The number of methoxy groups -OCH3 is 1. The standard InChI is InChI=1S/C46H50F2N4O7S3/c1-29-12-15-34(16-13-29)62(57,58)52-22-18-35-36-19-23-61(55,56)28-45(3,4)20-9-21-46(5,32-11-8-10-31(25-32)30(2)24-41(53)59-7)44-49-43(51(6)50-44)37-26-33(14-17-38(37)47)60(54)42(36)39(48)27-40(35)52/h8,10-18,22,25-27,30H,9,19-21,23-24,28H2,1-7H3/t30?,46-,60?/m1/s1. The van der Waals surface area contributed by atoms with Crippen LogP contribution in [-0.2, 0) is 59.1 Å². The molecule has 16 heteroatoms. The predicted molar refractivity (Wildman–Crippen MR) is 235 cm³/mol. The smallest absolute Gasteiger partial charge is 0.306 e. The molecule has 0 aliphatic carbocycles. The van der Waals surface area contributed by atoms with Crippen molar-refractivity contribution in [3.8, 4) is 11.4 Å². The van der Waals surface area contributed by atoms with Crippen LogP contribution in [0.25, 0.3) is 22.3 Å². The molecule has 1 aliphatic heterocycles. The van der Waals surface area contributed by atoms with Crippen LogP contribution in [0.1, 0.15) is 87.4 Å². The maximum absolute atomic E-state index is 16.7. The lowest BCUT2D eigenvalue weighted by atomic mass is 9.74. The van der Waals surface area contributed by atoms with Gasteiger partial charge in [-0.25, -0.2) is 43.5 Å². The van der Waals surface area contributed by atoms with Gasteiger partial charge in [-0.1, -0.05) is 69.2 Å². The number of aromatic nitrogens is 4. The number of benzene rings is 4. The van der Waals surface area contributed by atoms with E-state index in [-0.39, 0.29) is 73.0 Å². The van der Waals surface area contributed by atoms with Crippen LogP contribution >= 0.6 is 0 Å². The van der Waals surface area contributed by atoms with Crippen molar-refractivity contribution in [2.24, 2.45) is 12.5 Å². The molecule has 4 bridgehead atoms. The van der Waals surface area contributed by atoms with Crippen molar-refractivity contribution in [2.75, 3.05) is 18.6 Å². The van der Waals surface area contributed by atoms with Gasteiger partial charge in [-0.2, -0.15) is 5.10 Å². The van der Waals surface area contributed by atoms with Gasteiger partial charge >= 0.3 is 5.97 Å². The average Bonchev–Trinajstić information content (AvgIpc) is 3.83. The van der Waals surface area contributed by atoms with Crippen LogP contribution in [0.15, 0.2) is 99.7 Å². The highest BCUT2D eigenvalue weighted by Gasteiger charge is 2.37. The number of carbonyl (C=O) groups is 1. The molecule has 1 aliphatic rings. The Morgan fingerprint density at radius 3 is 2.42 bits per heavy atom. The third kappa shape index (κ3) is 8.78. The fourth-order valence-electron chi connectivity index (χ4n) is 8.46. The minimum Gasteiger partial charge on any atom is -0.469 e. The lowest BCUT2D eigenvalue weighted by Gasteiger charge is -2.31. The van der Waals surface area contributed by atoms with Crippen molar-refractivity contribution < 1.29 is 39.4 Å². The SMILES string of the molecule is COC(=O)CC(C)c1cccc([C@@]2(C)CCCC(C)(C)CS(=O)(=O)CCc3c(c(F)cc4c3ccn4S(=O)(=O)c3ccc(C)cc3)S(=O)c3ccc(F)c(c3)-c3nc2nn3C)c1. The van der Waals surface area contributed by atoms with E-state index >= 15 is 8.78 Å². The highest BCUT2D eigenvalue weighted by atomic mass is 32.2. The zero-order chi connectivity index (χ0) is 44.9. The lowest BCUT2D eigenvalue weighted by Crippen LogP contribution is -2.29. The van der Waals surface area contributed by atoms with Crippen molar-refractivity contribution in [3.05, 3.63) is 125 Å². The first-order chi connectivity index (χ1) is 29.1. The van der Waals surface area contributed by atoms with Gasteiger partial charge < -0.3 is 4.74 Å². The predicted octanol–water partition coefficient (Wildman–Crippen LogP) is 8.57. The molecular weight excluding hydrogens is 855 g/mol. The summed E-state index contributed by atoms with van der Waals surface area (Å²) in [6.45, 7) is 9.48. The van der Waals surface area contributed by atoms with E-state index in [1.807, 2.05) is 58.9 Å². The fourth-order valence-corrected chi connectivity index (χ4v) is 13.1. The number of rotatable bonds is 6. The van der Waals surface area contributed by atoms with Gasteiger partial charge in [0.25, 0.3) is 10.0 Å². The average molecular weight is 905 g/mol. The number of fused-ring (bicyclic) bond motifs is 8. The second-order valence-corrected chi connectivity index (χ2v) is 22.7. The molecule has 0 amide bonds. The Morgan fingerprint density at radius 2 is 1.71 bits per heavy atom. The van der Waals surface area contributed by atoms with Crippen LogP contribution in [0.2, 0.25) is 0 Å². The van der Waals surface area contributed by atoms with Crippen LogP contribution in [0.5, 0.6) is 0 Å². The van der Waals surface area contributed by atoms with E-state index in [4.69, 9.17) is 14.8 Å². The van der Waals surface area contributed by atoms with Crippen LogP contribution in [0.4, 0.5) is 8.78 Å². The highest BCUT2D eigenvalue weighted by molar-refractivity contribution is 7.91. The number of esters is 1. The van der Waals surface area contributed by atoms with Gasteiger partial charge in [-0.05, 0) is 97.5 Å². The summed E-state index contributed by atoms with van der Waals surface area (Å²) < 4.78 is 111. The summed E-state index contributed by atoms with van der Waals surface area (Å²) in [5.41, 5.74) is 0.981. The molecule has 328 valence electrons. The van der Waals surface area contributed by atoms with E-state index in [9.17, 15) is 25.8 Å². The van der Waals surface area contributed by atoms with Crippen molar-refractivity contribution in [3.63, 3.8) is 0 Å². The lowest BCUT2D eigenvalue weighted by molar-refractivity contribution is -0.141. The second kappa shape index (κ2) is 16.9. The first kappa shape index (κ1) is 45.0. The number of carbonyl (C=O) groups excluding carboxylic acids is 1. The fraction of sp³-hybridized carbons (Fsp3) is 0.370. The Labute approximate surface area is 364 Å². The van der Waals surface area contributed by atoms with Gasteiger partial charge in [0.1, 0.15) is 11.6 Å². The maximum atomic E-state index is 16.7. The van der Waals surface area contributed by atoms with Gasteiger partial charge in [-0.3, -0.25) is 4.79 Å². The molecule has 4 aromatic carbocycles. The molecule has 11 nitrogen and oxygen atoms in total. The summed E-state index contributed by atoms with van der Waals surface area (Å²) >= 11 is 0. The Bertz CT molecular complexity index is 2960. The van der Waals surface area contributed by atoms with Gasteiger partial charge in [0, 0.05) is 29.6 Å². The molecule has 7 rings (SSSR count). The molecule has 2 unspecified atom stereocenters. The van der Waals surface area contributed by atoms with Crippen LogP contribution in [-0.4, -0.2) is 64.4 Å². The molecule has 0 N–H and O–H groups in total. The minimum absolute atomic E-state index is 0.0114. The number of halogens is 2. The summed E-state index contributed by atoms with van der Waals surface area (Å²) in [6, 6.07) is 20.2. The van der Waals surface area contributed by atoms with E-state index in [1.54, 1.807) is 19.2 Å².